The van der Waals surface area contributed by atoms with E-state index in [2.05, 4.69) is 31.9 Å². The van der Waals surface area contributed by atoms with Crippen molar-refractivity contribution in [3.8, 4) is 11.5 Å². The van der Waals surface area contributed by atoms with E-state index in [0.717, 1.165) is 0 Å². The Hall–Kier alpha value is -1.40. The van der Waals surface area contributed by atoms with Gasteiger partial charge >= 0.3 is 0 Å². The predicted octanol–water partition coefficient (Wildman–Crippen LogP) is 4.24. The molecule has 0 bridgehead atoms. The fourth-order valence-electron chi connectivity index (χ4n) is 1.44. The summed E-state index contributed by atoms with van der Waals surface area (Å²) >= 11 is 6.45. The molecular formula is C13H8Br2FNO2. The van der Waals surface area contributed by atoms with E-state index < -0.39 is 5.91 Å². The lowest BCUT2D eigenvalue weighted by Crippen LogP contribution is -2.11. The van der Waals surface area contributed by atoms with Crippen LogP contribution in [0.5, 0.6) is 11.5 Å². The van der Waals surface area contributed by atoms with Gasteiger partial charge in [0.05, 0.1) is 10.0 Å². The van der Waals surface area contributed by atoms with Gasteiger partial charge in [-0.25, -0.2) is 4.39 Å². The monoisotopic (exact) mass is 387 g/mol. The molecule has 0 aromatic heterocycles. The number of primary amides is 1. The Bertz CT molecular complexity index is 647. The summed E-state index contributed by atoms with van der Waals surface area (Å²) in [5.41, 5.74) is 5.57. The Morgan fingerprint density at radius 1 is 1.11 bits per heavy atom. The topological polar surface area (TPSA) is 52.3 Å². The highest BCUT2D eigenvalue weighted by molar-refractivity contribution is 9.10. The molecule has 0 saturated carbocycles. The molecule has 3 nitrogen and oxygen atoms in total. The minimum atomic E-state index is -0.526. The van der Waals surface area contributed by atoms with E-state index in [-0.39, 0.29) is 5.82 Å². The number of rotatable bonds is 3. The predicted molar refractivity (Wildman–Crippen MR) is 76.8 cm³/mol. The van der Waals surface area contributed by atoms with Gasteiger partial charge in [0.25, 0.3) is 0 Å². The zero-order valence-electron chi connectivity index (χ0n) is 9.49. The highest BCUT2D eigenvalue weighted by atomic mass is 79.9. The van der Waals surface area contributed by atoms with Crippen LogP contribution >= 0.6 is 31.9 Å². The first-order valence-corrected chi connectivity index (χ1v) is 6.78. The molecule has 2 aromatic carbocycles. The van der Waals surface area contributed by atoms with Crippen molar-refractivity contribution in [3.05, 3.63) is 56.7 Å². The quantitative estimate of drug-likeness (QED) is 0.854. The average Bonchev–Trinajstić information content (AvgIpc) is 2.32. The Morgan fingerprint density at radius 3 is 2.42 bits per heavy atom. The van der Waals surface area contributed by atoms with Crippen molar-refractivity contribution in [2.75, 3.05) is 0 Å². The summed E-state index contributed by atoms with van der Waals surface area (Å²) in [6.45, 7) is 0. The minimum absolute atomic E-state index is 0.357. The zero-order chi connectivity index (χ0) is 14.0. The van der Waals surface area contributed by atoms with Gasteiger partial charge in [-0.05, 0) is 68.3 Å². The molecule has 2 N–H and O–H groups in total. The van der Waals surface area contributed by atoms with Crippen LogP contribution in [0, 0.1) is 5.82 Å². The number of benzene rings is 2. The molecule has 1 amide bonds. The molecule has 0 aliphatic heterocycles. The van der Waals surface area contributed by atoms with Gasteiger partial charge in [-0.15, -0.1) is 0 Å². The first kappa shape index (κ1) is 14.0. The maximum atomic E-state index is 12.9. The molecule has 2 rings (SSSR count). The molecular weight excluding hydrogens is 381 g/mol. The van der Waals surface area contributed by atoms with Crippen molar-refractivity contribution < 1.29 is 13.9 Å². The Kier molecular flexibility index (Phi) is 4.21. The second-order valence-corrected chi connectivity index (χ2v) is 5.39. The largest absolute Gasteiger partial charge is 0.456 e. The zero-order valence-corrected chi connectivity index (χ0v) is 12.7. The fourth-order valence-corrected chi connectivity index (χ4v) is 2.43. The molecule has 6 heteroatoms. The normalized spacial score (nSPS) is 10.3. The van der Waals surface area contributed by atoms with Gasteiger partial charge in [0.2, 0.25) is 5.91 Å². The number of amides is 1. The first-order valence-electron chi connectivity index (χ1n) is 5.19. The van der Waals surface area contributed by atoms with Crippen LogP contribution in [0.2, 0.25) is 0 Å². The average molecular weight is 389 g/mol. The van der Waals surface area contributed by atoms with E-state index in [4.69, 9.17) is 10.5 Å². The van der Waals surface area contributed by atoms with E-state index >= 15 is 0 Å². The van der Waals surface area contributed by atoms with Crippen LogP contribution in [0.1, 0.15) is 10.4 Å². The van der Waals surface area contributed by atoms with Gasteiger partial charge in [0, 0.05) is 4.47 Å². The maximum Gasteiger partial charge on any atom is 0.249 e. The van der Waals surface area contributed by atoms with Crippen LogP contribution in [-0.4, -0.2) is 5.91 Å². The van der Waals surface area contributed by atoms with E-state index in [0.29, 0.717) is 26.0 Å². The number of hydrogen-bond donors (Lipinski definition) is 1. The van der Waals surface area contributed by atoms with Crippen LogP contribution in [0.25, 0.3) is 0 Å². The summed E-state index contributed by atoms with van der Waals surface area (Å²) < 4.78 is 19.6. The molecule has 0 fully saturated rings. The first-order chi connectivity index (χ1) is 8.97. The lowest BCUT2D eigenvalue weighted by atomic mass is 10.2. The number of ether oxygens (including phenoxy) is 1. The summed E-state index contributed by atoms with van der Waals surface area (Å²) in [5.74, 6) is 0.0928. The van der Waals surface area contributed by atoms with Gasteiger partial charge in [0.1, 0.15) is 17.3 Å². The van der Waals surface area contributed by atoms with Crippen LogP contribution < -0.4 is 10.5 Å². The van der Waals surface area contributed by atoms with E-state index in [1.165, 1.54) is 18.2 Å². The highest BCUT2D eigenvalue weighted by Gasteiger charge is 2.09. The van der Waals surface area contributed by atoms with Crippen molar-refractivity contribution in [3.63, 3.8) is 0 Å². The van der Waals surface area contributed by atoms with Crippen molar-refractivity contribution in [2.45, 2.75) is 0 Å². The van der Waals surface area contributed by atoms with Gasteiger partial charge in [-0.1, -0.05) is 0 Å². The third-order valence-corrected chi connectivity index (χ3v) is 3.60. The molecule has 0 heterocycles. The molecule has 98 valence electrons. The molecule has 19 heavy (non-hydrogen) atoms. The van der Waals surface area contributed by atoms with Gasteiger partial charge in [-0.2, -0.15) is 0 Å². The Labute approximate surface area is 125 Å². The highest BCUT2D eigenvalue weighted by Crippen LogP contribution is 2.32. The lowest BCUT2D eigenvalue weighted by molar-refractivity contribution is 0.0999. The molecule has 0 aliphatic rings. The number of carbonyl (C=O) groups excluding carboxylic acids is 1. The summed E-state index contributed by atoms with van der Waals surface area (Å²) in [4.78, 5) is 11.1. The molecule has 0 unspecified atom stereocenters. The minimum Gasteiger partial charge on any atom is -0.456 e. The summed E-state index contributed by atoms with van der Waals surface area (Å²) in [7, 11) is 0. The summed E-state index contributed by atoms with van der Waals surface area (Å²) in [6.07, 6.45) is 0. The van der Waals surface area contributed by atoms with E-state index in [1.54, 1.807) is 18.2 Å². The summed E-state index contributed by atoms with van der Waals surface area (Å²) in [5, 5.41) is 0. The number of nitrogens with two attached hydrogens (primary N) is 1. The second-order valence-electron chi connectivity index (χ2n) is 3.68. The third kappa shape index (κ3) is 3.33. The standard InChI is InChI=1S/C13H8Br2FNO2/c14-10-6-8(2-3-9(10)13(17)18)19-12-4-1-7(16)5-11(12)15/h1-6H,(H2,17,18). The van der Waals surface area contributed by atoms with Crippen LogP contribution in [0.15, 0.2) is 45.3 Å². The molecule has 2 aromatic rings. The van der Waals surface area contributed by atoms with Crippen molar-refractivity contribution in [1.82, 2.24) is 0 Å². The molecule has 0 aliphatic carbocycles. The van der Waals surface area contributed by atoms with E-state index in [9.17, 15) is 9.18 Å². The van der Waals surface area contributed by atoms with Crippen molar-refractivity contribution in [1.29, 1.82) is 0 Å². The molecule has 0 radical (unpaired) electrons. The second kappa shape index (κ2) is 5.71. The lowest BCUT2D eigenvalue weighted by Gasteiger charge is -2.09. The van der Waals surface area contributed by atoms with Crippen molar-refractivity contribution in [2.24, 2.45) is 5.73 Å². The van der Waals surface area contributed by atoms with Crippen LogP contribution in [0.4, 0.5) is 4.39 Å². The Balaban J connectivity index is 2.29. The molecule has 0 saturated heterocycles. The van der Waals surface area contributed by atoms with Crippen LogP contribution in [0.3, 0.4) is 0 Å². The number of halogens is 3. The van der Waals surface area contributed by atoms with Gasteiger partial charge < -0.3 is 10.5 Å². The smallest absolute Gasteiger partial charge is 0.249 e. The summed E-state index contributed by atoms with van der Waals surface area (Å²) in [6, 6.07) is 8.90. The van der Waals surface area contributed by atoms with Gasteiger partial charge in [0.15, 0.2) is 0 Å². The van der Waals surface area contributed by atoms with E-state index in [1.807, 2.05) is 0 Å². The van der Waals surface area contributed by atoms with Gasteiger partial charge in [-0.3, -0.25) is 4.79 Å². The fraction of sp³-hybridized carbons (Fsp3) is 0. The van der Waals surface area contributed by atoms with Crippen LogP contribution in [-0.2, 0) is 0 Å². The maximum absolute atomic E-state index is 12.9. The molecule has 0 atom stereocenters. The Morgan fingerprint density at radius 2 is 1.84 bits per heavy atom. The SMILES string of the molecule is NC(=O)c1ccc(Oc2ccc(F)cc2Br)cc1Br. The number of carbonyl (C=O) groups is 1. The van der Waals surface area contributed by atoms with Crippen molar-refractivity contribution >= 4 is 37.8 Å². The third-order valence-electron chi connectivity index (χ3n) is 2.33. The number of hydrogen-bond acceptors (Lipinski definition) is 2. The molecule has 0 spiro atoms.